The summed E-state index contributed by atoms with van der Waals surface area (Å²) in [5.41, 5.74) is 0. The van der Waals surface area contributed by atoms with Gasteiger partial charge in [0.05, 0.1) is 0 Å². The van der Waals surface area contributed by atoms with Crippen molar-refractivity contribution < 1.29 is 26.6 Å². The Balaban J connectivity index is 0. The maximum Gasteiger partial charge on any atom is 0.500 e. The molecule has 0 spiro atoms. The highest BCUT2D eigenvalue weighted by Gasteiger charge is 2.37. The van der Waals surface area contributed by atoms with E-state index in [2.05, 4.69) is 13.8 Å². The molecular formula is C21H50O6Si2. The quantitative estimate of drug-likeness (QED) is 0.175. The molecule has 0 amide bonds. The fraction of sp³-hybridized carbons (Fsp3) is 1.00. The topological polar surface area (TPSA) is 55.4 Å². The molecule has 29 heavy (non-hydrogen) atoms. The number of hydrogen-bond donors (Lipinski definition) is 0. The van der Waals surface area contributed by atoms with E-state index in [1.54, 1.807) is 42.7 Å². The minimum atomic E-state index is -2.29. The Morgan fingerprint density at radius 1 is 0.379 bits per heavy atom. The highest BCUT2D eigenvalue weighted by molar-refractivity contribution is 6.60. The van der Waals surface area contributed by atoms with Crippen molar-refractivity contribution in [2.45, 2.75) is 96.6 Å². The van der Waals surface area contributed by atoms with Gasteiger partial charge >= 0.3 is 17.6 Å². The van der Waals surface area contributed by atoms with E-state index in [-0.39, 0.29) is 0 Å². The Morgan fingerprint density at radius 2 is 0.621 bits per heavy atom. The molecule has 6 nitrogen and oxygen atoms in total. The zero-order chi connectivity index (χ0) is 22.4. The van der Waals surface area contributed by atoms with Crippen LogP contribution < -0.4 is 0 Å². The van der Waals surface area contributed by atoms with E-state index in [4.69, 9.17) is 26.6 Å². The van der Waals surface area contributed by atoms with Crippen molar-refractivity contribution in [1.82, 2.24) is 0 Å². The molecule has 0 bridgehead atoms. The van der Waals surface area contributed by atoms with Crippen molar-refractivity contribution in [3.05, 3.63) is 0 Å². The van der Waals surface area contributed by atoms with Crippen LogP contribution in [0.25, 0.3) is 0 Å². The average molecular weight is 455 g/mol. The van der Waals surface area contributed by atoms with Crippen molar-refractivity contribution in [1.29, 1.82) is 0 Å². The first-order valence-electron chi connectivity index (χ1n) is 11.3. The standard InChI is InChI=1S/C11H26O3Si.C10H24O3Si/c1-5-6-7-8-9-10-11-15(12-2,13-3)14-4;1-5-6-7-8-9-10-14(11-2,12-3)13-4/h5-11H2,1-4H3;5-10H2,1-4H3. The van der Waals surface area contributed by atoms with Crippen LogP contribution in [-0.2, 0) is 26.6 Å². The molecule has 0 saturated heterocycles. The normalized spacial score (nSPS) is 12.0. The third-order valence-corrected chi connectivity index (χ3v) is 11.0. The molecule has 0 rings (SSSR count). The summed E-state index contributed by atoms with van der Waals surface area (Å²) >= 11 is 0. The van der Waals surface area contributed by atoms with E-state index in [0.717, 1.165) is 24.9 Å². The monoisotopic (exact) mass is 454 g/mol. The van der Waals surface area contributed by atoms with Crippen molar-refractivity contribution in [2.24, 2.45) is 0 Å². The predicted molar refractivity (Wildman–Crippen MR) is 125 cm³/mol. The van der Waals surface area contributed by atoms with E-state index in [0.29, 0.717) is 0 Å². The van der Waals surface area contributed by atoms with E-state index < -0.39 is 17.6 Å². The van der Waals surface area contributed by atoms with Crippen LogP contribution in [0.15, 0.2) is 0 Å². The van der Waals surface area contributed by atoms with Crippen LogP contribution in [0.5, 0.6) is 0 Å². The second-order valence-corrected chi connectivity index (χ2v) is 13.5. The summed E-state index contributed by atoms with van der Waals surface area (Å²) in [6.45, 7) is 4.46. The highest BCUT2D eigenvalue weighted by Crippen LogP contribution is 2.18. The molecule has 0 saturated carbocycles. The summed E-state index contributed by atoms with van der Waals surface area (Å²) in [5, 5.41) is 0. The average Bonchev–Trinajstić information content (AvgIpc) is 2.77. The number of rotatable bonds is 19. The summed E-state index contributed by atoms with van der Waals surface area (Å²) in [6.07, 6.45) is 14.0. The van der Waals surface area contributed by atoms with Crippen molar-refractivity contribution in [3.63, 3.8) is 0 Å². The van der Waals surface area contributed by atoms with Crippen LogP contribution >= 0.6 is 0 Å². The van der Waals surface area contributed by atoms with Gasteiger partial charge in [0.25, 0.3) is 0 Å². The molecule has 0 atom stereocenters. The van der Waals surface area contributed by atoms with Crippen LogP contribution in [-0.4, -0.2) is 60.3 Å². The minimum Gasteiger partial charge on any atom is -0.377 e. The Hall–Kier alpha value is 0.194. The molecule has 8 heteroatoms. The summed E-state index contributed by atoms with van der Waals surface area (Å²) in [4.78, 5) is 0. The lowest BCUT2D eigenvalue weighted by atomic mass is 10.1. The third-order valence-electron chi connectivity index (χ3n) is 5.29. The first kappa shape index (κ1) is 31.4. The Bertz CT molecular complexity index is 310. The van der Waals surface area contributed by atoms with Crippen LogP contribution in [0.2, 0.25) is 12.1 Å². The molecule has 0 aromatic heterocycles. The van der Waals surface area contributed by atoms with Crippen LogP contribution in [0.1, 0.15) is 84.5 Å². The van der Waals surface area contributed by atoms with Crippen LogP contribution in [0.3, 0.4) is 0 Å². The SMILES string of the molecule is CCCCCCCC[Si](OC)(OC)OC.CCCCCCC[Si](OC)(OC)OC. The summed E-state index contributed by atoms with van der Waals surface area (Å²) in [6, 6.07) is 1.86. The lowest BCUT2D eigenvalue weighted by molar-refractivity contribution is 0.122. The lowest BCUT2D eigenvalue weighted by Crippen LogP contribution is -2.42. The summed E-state index contributed by atoms with van der Waals surface area (Å²) < 4.78 is 32.1. The maximum atomic E-state index is 5.36. The van der Waals surface area contributed by atoms with Gasteiger partial charge in [0, 0.05) is 54.7 Å². The van der Waals surface area contributed by atoms with Crippen LogP contribution in [0.4, 0.5) is 0 Å². The van der Waals surface area contributed by atoms with Gasteiger partial charge in [-0.1, -0.05) is 71.6 Å². The molecule has 0 unspecified atom stereocenters. The zero-order valence-electron chi connectivity index (χ0n) is 20.6. The largest absolute Gasteiger partial charge is 0.500 e. The Labute approximate surface area is 183 Å². The molecule has 0 aliphatic rings. The molecule has 0 radical (unpaired) electrons. The Kier molecular flexibility index (Phi) is 23.2. The van der Waals surface area contributed by atoms with Gasteiger partial charge in [0.1, 0.15) is 0 Å². The minimum absolute atomic E-state index is 0.931. The number of unbranched alkanes of at least 4 members (excludes halogenated alkanes) is 9. The second kappa shape index (κ2) is 21.4. The van der Waals surface area contributed by atoms with Gasteiger partial charge in [-0.25, -0.2) is 0 Å². The van der Waals surface area contributed by atoms with E-state index in [1.807, 2.05) is 0 Å². The first-order valence-corrected chi connectivity index (χ1v) is 15.2. The predicted octanol–water partition coefficient (Wildman–Crippen LogP) is 6.06. The van der Waals surface area contributed by atoms with Gasteiger partial charge in [-0.15, -0.1) is 0 Å². The fourth-order valence-corrected chi connectivity index (χ4v) is 6.77. The zero-order valence-corrected chi connectivity index (χ0v) is 22.6. The lowest BCUT2D eigenvalue weighted by Gasteiger charge is -2.24. The Morgan fingerprint density at radius 3 is 0.862 bits per heavy atom. The molecule has 0 aromatic carbocycles. The molecule has 0 aliphatic carbocycles. The van der Waals surface area contributed by atoms with E-state index >= 15 is 0 Å². The molecule has 0 fully saturated rings. The van der Waals surface area contributed by atoms with Gasteiger partial charge in [-0.3, -0.25) is 0 Å². The third kappa shape index (κ3) is 15.6. The van der Waals surface area contributed by atoms with Crippen molar-refractivity contribution >= 4 is 17.6 Å². The van der Waals surface area contributed by atoms with E-state index in [1.165, 1.54) is 57.8 Å². The van der Waals surface area contributed by atoms with Crippen molar-refractivity contribution in [3.8, 4) is 0 Å². The van der Waals surface area contributed by atoms with E-state index in [9.17, 15) is 0 Å². The van der Waals surface area contributed by atoms with Crippen molar-refractivity contribution in [2.75, 3.05) is 42.7 Å². The van der Waals surface area contributed by atoms with Gasteiger partial charge < -0.3 is 26.6 Å². The van der Waals surface area contributed by atoms with Gasteiger partial charge in [-0.05, 0) is 12.8 Å². The molecule has 178 valence electrons. The highest BCUT2D eigenvalue weighted by atomic mass is 28.4. The molecular weight excluding hydrogens is 404 g/mol. The van der Waals surface area contributed by atoms with Gasteiger partial charge in [0.2, 0.25) is 0 Å². The van der Waals surface area contributed by atoms with Gasteiger partial charge in [-0.2, -0.15) is 0 Å². The fourth-order valence-electron chi connectivity index (χ4n) is 3.18. The summed E-state index contributed by atoms with van der Waals surface area (Å²) in [7, 11) is 5.48. The van der Waals surface area contributed by atoms with Gasteiger partial charge in [0.15, 0.2) is 0 Å². The first-order chi connectivity index (χ1) is 14.0. The maximum absolute atomic E-state index is 5.36. The molecule has 0 aromatic rings. The van der Waals surface area contributed by atoms with Crippen LogP contribution in [0, 0.1) is 0 Å². The second-order valence-electron chi connectivity index (χ2n) is 7.27. The molecule has 0 N–H and O–H groups in total. The summed E-state index contributed by atoms with van der Waals surface area (Å²) in [5.74, 6) is 0. The molecule has 0 heterocycles. The number of hydrogen-bond acceptors (Lipinski definition) is 6. The molecule has 0 aliphatic heterocycles. The smallest absolute Gasteiger partial charge is 0.377 e.